The Labute approximate surface area is 93.7 Å². The predicted octanol–water partition coefficient (Wildman–Crippen LogP) is 2.60. The first-order chi connectivity index (χ1) is 7.61. The van der Waals surface area contributed by atoms with E-state index in [4.69, 9.17) is 5.73 Å². The van der Waals surface area contributed by atoms with Gasteiger partial charge in [-0.05, 0) is 38.1 Å². The van der Waals surface area contributed by atoms with Crippen molar-refractivity contribution in [1.82, 2.24) is 9.78 Å². The Balaban J connectivity index is 2.57. The van der Waals surface area contributed by atoms with Crippen LogP contribution in [0.15, 0.2) is 24.3 Å². The zero-order valence-electron chi connectivity index (χ0n) is 9.37. The molecule has 0 aliphatic rings. The topological polar surface area (TPSA) is 43.8 Å². The summed E-state index contributed by atoms with van der Waals surface area (Å²) in [6.07, 6.45) is 0. The Bertz CT molecular complexity index is 517. The van der Waals surface area contributed by atoms with Gasteiger partial charge in [-0.15, -0.1) is 0 Å². The summed E-state index contributed by atoms with van der Waals surface area (Å²) in [6.45, 7) is 4.59. The van der Waals surface area contributed by atoms with E-state index in [0.717, 1.165) is 11.4 Å². The van der Waals surface area contributed by atoms with Gasteiger partial charge in [-0.25, -0.2) is 4.39 Å². The van der Waals surface area contributed by atoms with Crippen LogP contribution in [0.5, 0.6) is 0 Å². The maximum Gasteiger partial charge on any atom is 0.134 e. The van der Waals surface area contributed by atoms with Crippen LogP contribution in [-0.2, 0) is 6.54 Å². The zero-order chi connectivity index (χ0) is 11.7. The van der Waals surface area contributed by atoms with E-state index in [2.05, 4.69) is 5.10 Å². The molecule has 1 heterocycles. The van der Waals surface area contributed by atoms with Crippen molar-refractivity contribution in [3.05, 3.63) is 35.8 Å². The second-order valence-electron chi connectivity index (χ2n) is 3.73. The van der Waals surface area contributed by atoms with Crippen molar-refractivity contribution in [3.63, 3.8) is 0 Å². The molecule has 0 aliphatic carbocycles. The summed E-state index contributed by atoms with van der Waals surface area (Å²) >= 11 is 0. The van der Waals surface area contributed by atoms with Gasteiger partial charge in [0.1, 0.15) is 5.82 Å². The fraction of sp³-hybridized carbons (Fsp3) is 0.250. The second-order valence-corrected chi connectivity index (χ2v) is 3.73. The molecule has 4 heteroatoms. The van der Waals surface area contributed by atoms with Gasteiger partial charge >= 0.3 is 0 Å². The zero-order valence-corrected chi connectivity index (χ0v) is 9.37. The van der Waals surface area contributed by atoms with Crippen molar-refractivity contribution in [2.45, 2.75) is 20.4 Å². The lowest BCUT2D eigenvalue weighted by molar-refractivity contribution is 0.621. The van der Waals surface area contributed by atoms with Gasteiger partial charge in [0.15, 0.2) is 0 Å². The maximum absolute atomic E-state index is 13.7. The number of benzene rings is 1. The van der Waals surface area contributed by atoms with Crippen LogP contribution in [0.25, 0.3) is 11.3 Å². The molecule has 0 atom stereocenters. The first kappa shape index (κ1) is 10.7. The molecular formula is C12H14FN3. The summed E-state index contributed by atoms with van der Waals surface area (Å²) in [4.78, 5) is 0. The van der Waals surface area contributed by atoms with Gasteiger partial charge in [-0.2, -0.15) is 5.10 Å². The minimum absolute atomic E-state index is 0.311. The standard InChI is InChI=1S/C12H14FN3/c1-3-16-12(6-8(2)15-16)10-5-4-9(14)7-11(10)13/h4-7H,3,14H2,1-2H3. The molecule has 3 nitrogen and oxygen atoms in total. The lowest BCUT2D eigenvalue weighted by Crippen LogP contribution is -2.00. The summed E-state index contributed by atoms with van der Waals surface area (Å²) in [7, 11) is 0. The van der Waals surface area contributed by atoms with E-state index in [-0.39, 0.29) is 5.82 Å². The summed E-state index contributed by atoms with van der Waals surface area (Å²) in [5.41, 5.74) is 8.16. The molecule has 84 valence electrons. The third-order valence-electron chi connectivity index (χ3n) is 2.47. The quantitative estimate of drug-likeness (QED) is 0.789. The Morgan fingerprint density at radius 3 is 2.75 bits per heavy atom. The van der Waals surface area contributed by atoms with Crippen molar-refractivity contribution >= 4 is 5.69 Å². The van der Waals surface area contributed by atoms with Crippen LogP contribution in [-0.4, -0.2) is 9.78 Å². The van der Waals surface area contributed by atoms with Crippen LogP contribution in [0, 0.1) is 12.7 Å². The van der Waals surface area contributed by atoms with Gasteiger partial charge in [-0.1, -0.05) is 0 Å². The molecule has 0 unspecified atom stereocenters. The molecule has 1 aromatic carbocycles. The minimum atomic E-state index is -0.311. The fourth-order valence-electron chi connectivity index (χ4n) is 1.74. The lowest BCUT2D eigenvalue weighted by atomic mass is 10.1. The molecule has 0 amide bonds. The van der Waals surface area contributed by atoms with Gasteiger partial charge in [0, 0.05) is 17.8 Å². The average molecular weight is 219 g/mol. The van der Waals surface area contributed by atoms with Crippen LogP contribution in [0.3, 0.4) is 0 Å². The third-order valence-corrected chi connectivity index (χ3v) is 2.47. The highest BCUT2D eigenvalue weighted by molar-refractivity contribution is 5.63. The molecule has 0 saturated heterocycles. The first-order valence-electron chi connectivity index (χ1n) is 5.21. The highest BCUT2D eigenvalue weighted by Gasteiger charge is 2.11. The molecular weight excluding hydrogens is 205 g/mol. The number of anilines is 1. The van der Waals surface area contributed by atoms with Crippen LogP contribution in [0.2, 0.25) is 0 Å². The lowest BCUT2D eigenvalue weighted by Gasteiger charge is -2.06. The van der Waals surface area contributed by atoms with Crippen LogP contribution >= 0.6 is 0 Å². The van der Waals surface area contributed by atoms with Crippen LogP contribution in [0.1, 0.15) is 12.6 Å². The Morgan fingerprint density at radius 1 is 1.38 bits per heavy atom. The molecule has 0 radical (unpaired) electrons. The number of aromatic nitrogens is 2. The van der Waals surface area contributed by atoms with E-state index in [1.54, 1.807) is 16.8 Å². The van der Waals surface area contributed by atoms with Gasteiger partial charge in [-0.3, -0.25) is 4.68 Å². The summed E-state index contributed by atoms with van der Waals surface area (Å²) in [5.74, 6) is -0.311. The summed E-state index contributed by atoms with van der Waals surface area (Å²) in [5, 5.41) is 4.29. The largest absolute Gasteiger partial charge is 0.399 e. The van der Waals surface area contributed by atoms with Crippen LogP contribution in [0.4, 0.5) is 10.1 Å². The molecule has 0 spiro atoms. The molecule has 16 heavy (non-hydrogen) atoms. The summed E-state index contributed by atoms with van der Waals surface area (Å²) < 4.78 is 15.5. The first-order valence-corrected chi connectivity index (χ1v) is 5.21. The van der Waals surface area contributed by atoms with Gasteiger partial charge < -0.3 is 5.73 Å². The molecule has 0 bridgehead atoms. The van der Waals surface area contributed by atoms with E-state index in [1.807, 2.05) is 19.9 Å². The van der Waals surface area contributed by atoms with E-state index < -0.39 is 0 Å². The number of nitrogens with two attached hydrogens (primary N) is 1. The van der Waals surface area contributed by atoms with Crippen molar-refractivity contribution in [1.29, 1.82) is 0 Å². The maximum atomic E-state index is 13.7. The van der Waals surface area contributed by atoms with Crippen LogP contribution < -0.4 is 5.73 Å². The van der Waals surface area contributed by atoms with Crippen molar-refractivity contribution in [2.75, 3.05) is 5.73 Å². The Kier molecular flexibility index (Phi) is 2.64. The van der Waals surface area contributed by atoms with E-state index in [0.29, 0.717) is 17.8 Å². The van der Waals surface area contributed by atoms with E-state index in [1.165, 1.54) is 6.07 Å². The highest BCUT2D eigenvalue weighted by Crippen LogP contribution is 2.25. The molecule has 2 aromatic rings. The normalized spacial score (nSPS) is 10.7. The number of hydrogen-bond acceptors (Lipinski definition) is 2. The SMILES string of the molecule is CCn1nc(C)cc1-c1ccc(N)cc1F. The molecule has 2 N–H and O–H groups in total. The Morgan fingerprint density at radius 2 is 2.12 bits per heavy atom. The van der Waals surface area contributed by atoms with Gasteiger partial charge in [0.25, 0.3) is 0 Å². The molecule has 2 rings (SSSR count). The number of nitrogens with zero attached hydrogens (tertiary/aromatic N) is 2. The third kappa shape index (κ3) is 1.78. The van der Waals surface area contributed by atoms with Crippen molar-refractivity contribution in [2.24, 2.45) is 0 Å². The number of hydrogen-bond donors (Lipinski definition) is 1. The minimum Gasteiger partial charge on any atom is -0.399 e. The smallest absolute Gasteiger partial charge is 0.134 e. The Hall–Kier alpha value is -1.84. The van der Waals surface area contributed by atoms with Gasteiger partial charge in [0.2, 0.25) is 0 Å². The van der Waals surface area contributed by atoms with E-state index >= 15 is 0 Å². The van der Waals surface area contributed by atoms with E-state index in [9.17, 15) is 4.39 Å². The highest BCUT2D eigenvalue weighted by atomic mass is 19.1. The number of halogens is 1. The molecule has 1 aromatic heterocycles. The van der Waals surface area contributed by atoms with Crippen molar-refractivity contribution < 1.29 is 4.39 Å². The fourth-order valence-corrected chi connectivity index (χ4v) is 1.74. The number of rotatable bonds is 2. The van der Waals surface area contributed by atoms with Crippen molar-refractivity contribution in [3.8, 4) is 11.3 Å². The van der Waals surface area contributed by atoms with Gasteiger partial charge in [0.05, 0.1) is 11.4 Å². The molecule has 0 aliphatic heterocycles. The summed E-state index contributed by atoms with van der Waals surface area (Å²) in [6, 6.07) is 6.59. The number of nitrogen functional groups attached to an aromatic ring is 1. The second kappa shape index (κ2) is 3.96. The average Bonchev–Trinajstić information content (AvgIpc) is 2.59. The molecule has 0 fully saturated rings. The number of aryl methyl sites for hydroxylation is 2. The predicted molar refractivity (Wildman–Crippen MR) is 62.4 cm³/mol. The monoisotopic (exact) mass is 219 g/mol. The molecule has 0 saturated carbocycles.